The van der Waals surface area contributed by atoms with Crippen molar-refractivity contribution in [2.75, 3.05) is 6.61 Å². The van der Waals surface area contributed by atoms with Crippen molar-refractivity contribution in [2.24, 2.45) is 5.73 Å². The Labute approximate surface area is 76.7 Å². The molecular formula is C10H10N2O. The van der Waals surface area contributed by atoms with Gasteiger partial charge in [0.2, 0.25) is 0 Å². The Bertz CT molecular complexity index is 368. The first kappa shape index (κ1) is 8.09. The number of fused-ring (bicyclic) bond motifs is 1. The molecule has 0 saturated carbocycles. The summed E-state index contributed by atoms with van der Waals surface area (Å²) in [5.41, 5.74) is 7.61. The standard InChI is InChI=1S/C10H10N2O/c11-6-9(12)7-1-2-10-8(5-7)3-4-13-10/h1-2,5,9H,3-4,12H2. The predicted octanol–water partition coefficient (Wildman–Crippen LogP) is 1.14. The number of nitriles is 1. The highest BCUT2D eigenvalue weighted by atomic mass is 16.5. The molecule has 2 N–H and O–H groups in total. The van der Waals surface area contributed by atoms with Crippen LogP contribution in [0, 0.1) is 11.3 Å². The molecule has 0 radical (unpaired) electrons. The number of rotatable bonds is 1. The summed E-state index contributed by atoms with van der Waals surface area (Å²) in [6.45, 7) is 0.737. The van der Waals surface area contributed by atoms with Crippen molar-refractivity contribution in [3.05, 3.63) is 29.3 Å². The van der Waals surface area contributed by atoms with Gasteiger partial charge in [0.1, 0.15) is 11.8 Å². The average molecular weight is 174 g/mol. The summed E-state index contributed by atoms with van der Waals surface area (Å²) in [5.74, 6) is 0.925. The summed E-state index contributed by atoms with van der Waals surface area (Å²) in [7, 11) is 0. The van der Waals surface area contributed by atoms with Crippen LogP contribution in [0.25, 0.3) is 0 Å². The normalized spacial score (nSPS) is 15.7. The van der Waals surface area contributed by atoms with E-state index in [2.05, 4.69) is 0 Å². The van der Waals surface area contributed by atoms with Crippen LogP contribution in [0.4, 0.5) is 0 Å². The second-order valence-electron chi connectivity index (χ2n) is 3.07. The lowest BCUT2D eigenvalue weighted by atomic mass is 10.0. The van der Waals surface area contributed by atoms with Crippen LogP contribution in [0.3, 0.4) is 0 Å². The summed E-state index contributed by atoms with van der Waals surface area (Å²) in [4.78, 5) is 0. The molecule has 1 aromatic rings. The molecule has 1 heterocycles. The Morgan fingerprint density at radius 2 is 2.38 bits per heavy atom. The van der Waals surface area contributed by atoms with Gasteiger partial charge in [-0.25, -0.2) is 0 Å². The van der Waals surface area contributed by atoms with Crippen molar-refractivity contribution >= 4 is 0 Å². The van der Waals surface area contributed by atoms with Crippen LogP contribution < -0.4 is 10.5 Å². The van der Waals surface area contributed by atoms with Crippen molar-refractivity contribution < 1.29 is 4.74 Å². The first-order valence-corrected chi connectivity index (χ1v) is 4.22. The number of nitrogens with two attached hydrogens (primary N) is 1. The maximum atomic E-state index is 8.63. The third-order valence-corrected chi connectivity index (χ3v) is 2.21. The maximum Gasteiger partial charge on any atom is 0.122 e. The number of benzene rings is 1. The number of hydrogen-bond donors (Lipinski definition) is 1. The molecule has 0 saturated heterocycles. The van der Waals surface area contributed by atoms with Crippen molar-refractivity contribution in [2.45, 2.75) is 12.5 Å². The van der Waals surface area contributed by atoms with E-state index in [0.29, 0.717) is 0 Å². The molecule has 1 aliphatic heterocycles. The molecule has 13 heavy (non-hydrogen) atoms. The monoisotopic (exact) mass is 174 g/mol. The van der Waals surface area contributed by atoms with Crippen LogP contribution >= 0.6 is 0 Å². The fraction of sp³-hybridized carbons (Fsp3) is 0.300. The van der Waals surface area contributed by atoms with Gasteiger partial charge >= 0.3 is 0 Å². The quantitative estimate of drug-likeness (QED) is 0.694. The summed E-state index contributed by atoms with van der Waals surface area (Å²) in [6, 6.07) is 7.17. The Balaban J connectivity index is 2.37. The van der Waals surface area contributed by atoms with E-state index in [-0.39, 0.29) is 0 Å². The lowest BCUT2D eigenvalue weighted by molar-refractivity contribution is 0.357. The molecule has 3 nitrogen and oxygen atoms in total. The minimum Gasteiger partial charge on any atom is -0.493 e. The van der Waals surface area contributed by atoms with Gasteiger partial charge in [-0.1, -0.05) is 6.07 Å². The predicted molar refractivity (Wildman–Crippen MR) is 48.2 cm³/mol. The molecule has 0 bridgehead atoms. The third-order valence-electron chi connectivity index (χ3n) is 2.21. The lowest BCUT2D eigenvalue weighted by Crippen LogP contribution is -2.07. The van der Waals surface area contributed by atoms with Crippen LogP contribution in [0.5, 0.6) is 5.75 Å². The molecule has 0 aromatic heterocycles. The first-order chi connectivity index (χ1) is 6.31. The Morgan fingerprint density at radius 3 is 3.15 bits per heavy atom. The lowest BCUT2D eigenvalue weighted by Gasteiger charge is -2.04. The maximum absolute atomic E-state index is 8.63. The summed E-state index contributed by atoms with van der Waals surface area (Å²) in [5, 5.41) is 8.63. The second-order valence-corrected chi connectivity index (χ2v) is 3.07. The van der Waals surface area contributed by atoms with Crippen LogP contribution in [0.15, 0.2) is 18.2 Å². The molecule has 1 atom stereocenters. The third kappa shape index (κ3) is 1.36. The summed E-state index contributed by atoms with van der Waals surface area (Å²) < 4.78 is 5.34. The zero-order valence-corrected chi connectivity index (χ0v) is 7.16. The number of hydrogen-bond acceptors (Lipinski definition) is 3. The van der Waals surface area contributed by atoms with E-state index >= 15 is 0 Å². The van der Waals surface area contributed by atoms with E-state index in [4.69, 9.17) is 15.7 Å². The smallest absolute Gasteiger partial charge is 0.122 e. The Morgan fingerprint density at radius 1 is 1.54 bits per heavy atom. The molecule has 1 aromatic carbocycles. The van der Waals surface area contributed by atoms with Crippen LogP contribution in [-0.2, 0) is 6.42 Å². The minimum absolute atomic E-state index is 0.522. The van der Waals surface area contributed by atoms with Gasteiger partial charge < -0.3 is 10.5 Å². The second kappa shape index (κ2) is 3.08. The van der Waals surface area contributed by atoms with E-state index in [1.807, 2.05) is 24.3 Å². The van der Waals surface area contributed by atoms with E-state index in [9.17, 15) is 0 Å². The molecular weight excluding hydrogens is 164 g/mol. The Kier molecular flexibility index (Phi) is 1.91. The number of ether oxygens (including phenoxy) is 1. The summed E-state index contributed by atoms with van der Waals surface area (Å²) in [6.07, 6.45) is 0.918. The molecule has 1 unspecified atom stereocenters. The zero-order chi connectivity index (χ0) is 9.26. The highest BCUT2D eigenvalue weighted by Crippen LogP contribution is 2.27. The molecule has 0 aliphatic carbocycles. The van der Waals surface area contributed by atoms with Crippen molar-refractivity contribution in [3.8, 4) is 11.8 Å². The average Bonchev–Trinajstić information content (AvgIpc) is 2.63. The van der Waals surface area contributed by atoms with E-state index < -0.39 is 6.04 Å². The van der Waals surface area contributed by atoms with Crippen molar-refractivity contribution in [3.63, 3.8) is 0 Å². The van der Waals surface area contributed by atoms with E-state index in [1.54, 1.807) is 0 Å². The molecule has 1 aliphatic rings. The number of nitrogens with zero attached hydrogens (tertiary/aromatic N) is 1. The SMILES string of the molecule is N#CC(N)c1ccc2c(c1)CCO2. The zero-order valence-electron chi connectivity index (χ0n) is 7.16. The molecule has 3 heteroatoms. The topological polar surface area (TPSA) is 59.0 Å². The molecule has 0 amide bonds. The highest BCUT2D eigenvalue weighted by molar-refractivity contribution is 5.41. The molecule has 66 valence electrons. The van der Waals surface area contributed by atoms with Gasteiger partial charge in [-0.05, 0) is 23.3 Å². The van der Waals surface area contributed by atoms with Crippen LogP contribution in [0.2, 0.25) is 0 Å². The van der Waals surface area contributed by atoms with Crippen LogP contribution in [-0.4, -0.2) is 6.61 Å². The van der Waals surface area contributed by atoms with Gasteiger partial charge in [-0.2, -0.15) is 5.26 Å². The highest BCUT2D eigenvalue weighted by Gasteiger charge is 2.13. The molecule has 2 rings (SSSR count). The molecule has 0 fully saturated rings. The van der Waals surface area contributed by atoms with Crippen molar-refractivity contribution in [1.29, 1.82) is 5.26 Å². The van der Waals surface area contributed by atoms with E-state index in [1.165, 1.54) is 0 Å². The largest absolute Gasteiger partial charge is 0.493 e. The first-order valence-electron chi connectivity index (χ1n) is 4.22. The van der Waals surface area contributed by atoms with Gasteiger partial charge in [0.25, 0.3) is 0 Å². The van der Waals surface area contributed by atoms with Gasteiger partial charge in [0, 0.05) is 6.42 Å². The minimum atomic E-state index is -0.522. The van der Waals surface area contributed by atoms with Crippen LogP contribution in [0.1, 0.15) is 17.2 Å². The van der Waals surface area contributed by atoms with Gasteiger partial charge in [-0.15, -0.1) is 0 Å². The van der Waals surface area contributed by atoms with E-state index in [0.717, 1.165) is 29.9 Å². The van der Waals surface area contributed by atoms with Gasteiger partial charge in [-0.3, -0.25) is 0 Å². The van der Waals surface area contributed by atoms with Gasteiger partial charge in [0.15, 0.2) is 0 Å². The molecule has 0 spiro atoms. The van der Waals surface area contributed by atoms with Crippen molar-refractivity contribution in [1.82, 2.24) is 0 Å². The fourth-order valence-corrected chi connectivity index (χ4v) is 1.47. The van der Waals surface area contributed by atoms with Gasteiger partial charge in [0.05, 0.1) is 12.7 Å². The summed E-state index contributed by atoms with van der Waals surface area (Å²) >= 11 is 0. The Hall–Kier alpha value is -1.53. The fourth-order valence-electron chi connectivity index (χ4n) is 1.47.